The number of rotatable bonds is 4. The molecule has 1 saturated heterocycles. The number of nitrogens with zero attached hydrogens (tertiary/aromatic N) is 2. The van der Waals surface area contributed by atoms with Gasteiger partial charge >= 0.3 is 0 Å². The summed E-state index contributed by atoms with van der Waals surface area (Å²) in [5.41, 5.74) is 0.408. The Morgan fingerprint density at radius 1 is 1.33 bits per heavy atom. The first kappa shape index (κ1) is 15.4. The Labute approximate surface area is 124 Å². The van der Waals surface area contributed by atoms with Crippen molar-refractivity contribution in [3.8, 4) is 0 Å². The van der Waals surface area contributed by atoms with E-state index in [1.54, 1.807) is 24.1 Å². The summed E-state index contributed by atoms with van der Waals surface area (Å²) in [5.74, 6) is 0.0975. The van der Waals surface area contributed by atoms with Gasteiger partial charge in [0.15, 0.2) is 0 Å². The summed E-state index contributed by atoms with van der Waals surface area (Å²) < 4.78 is 0. The minimum atomic E-state index is -0.439. The summed E-state index contributed by atoms with van der Waals surface area (Å²) in [6.07, 6.45) is 2.48. The van der Waals surface area contributed by atoms with Crippen LogP contribution in [0.2, 0.25) is 0 Å². The molecule has 2 rings (SSSR count). The van der Waals surface area contributed by atoms with Crippen LogP contribution in [0.25, 0.3) is 0 Å². The molecule has 0 atom stereocenters. The van der Waals surface area contributed by atoms with Crippen molar-refractivity contribution in [1.82, 2.24) is 5.32 Å². The summed E-state index contributed by atoms with van der Waals surface area (Å²) in [7, 11) is 1.74. The van der Waals surface area contributed by atoms with Crippen molar-refractivity contribution < 1.29 is 9.72 Å². The predicted octanol–water partition coefficient (Wildman–Crippen LogP) is 2.34. The molecule has 1 amide bonds. The number of hydrogen-bond donors (Lipinski definition) is 1. The molecule has 1 N–H and O–H groups in total. The molecule has 0 spiro atoms. The van der Waals surface area contributed by atoms with Crippen molar-refractivity contribution in [1.29, 1.82) is 0 Å². The molecule has 1 aliphatic rings. The van der Waals surface area contributed by atoms with Gasteiger partial charge < -0.3 is 10.2 Å². The van der Waals surface area contributed by atoms with E-state index in [-0.39, 0.29) is 17.0 Å². The largest absolute Gasteiger partial charge is 0.317 e. The van der Waals surface area contributed by atoms with Crippen LogP contribution in [-0.2, 0) is 4.79 Å². The van der Waals surface area contributed by atoms with Gasteiger partial charge in [-0.15, -0.1) is 0 Å². The summed E-state index contributed by atoms with van der Waals surface area (Å²) in [6.45, 7) is 3.76. The number of amides is 1. The molecule has 1 aromatic rings. The average Bonchev–Trinajstić information content (AvgIpc) is 2.54. The first-order valence-electron chi connectivity index (χ1n) is 7.23. The molecule has 1 fully saturated rings. The van der Waals surface area contributed by atoms with Crippen LogP contribution in [0.15, 0.2) is 24.3 Å². The molecular formula is C15H21N3O3. The molecule has 0 unspecified atom stereocenters. The van der Waals surface area contributed by atoms with E-state index in [9.17, 15) is 14.9 Å². The third-order valence-corrected chi connectivity index (χ3v) is 4.44. The normalized spacial score (nSPS) is 17.2. The fraction of sp³-hybridized carbons (Fsp3) is 0.533. The maximum atomic E-state index is 12.8. The fourth-order valence-corrected chi connectivity index (χ4v) is 2.89. The Kier molecular flexibility index (Phi) is 4.57. The van der Waals surface area contributed by atoms with Crippen molar-refractivity contribution in [3.63, 3.8) is 0 Å². The Hall–Kier alpha value is -1.95. The van der Waals surface area contributed by atoms with Crippen LogP contribution in [0.5, 0.6) is 0 Å². The van der Waals surface area contributed by atoms with E-state index in [0.29, 0.717) is 5.69 Å². The molecule has 6 heteroatoms. The van der Waals surface area contributed by atoms with Crippen molar-refractivity contribution in [2.45, 2.75) is 26.2 Å². The van der Waals surface area contributed by atoms with Crippen molar-refractivity contribution >= 4 is 17.3 Å². The summed E-state index contributed by atoms with van der Waals surface area (Å²) in [6, 6.07) is 6.11. The van der Waals surface area contributed by atoms with Crippen LogP contribution in [0.3, 0.4) is 0 Å². The van der Waals surface area contributed by atoms with Crippen LogP contribution < -0.4 is 10.2 Å². The Bertz CT molecular complexity index is 521. The zero-order chi connectivity index (χ0) is 15.5. The number of nitrogens with one attached hydrogen (secondary N) is 1. The smallest absolute Gasteiger partial charge is 0.269 e. The standard InChI is InChI=1S/C15H21N3O3/c1-3-15(8-10-16-11-9-15)14(19)17(2)12-4-6-13(7-5-12)18(20)21/h4-7,16H,3,8-11H2,1-2H3. The molecule has 1 aliphatic heterocycles. The average molecular weight is 291 g/mol. The molecule has 114 valence electrons. The van der Waals surface area contributed by atoms with Crippen LogP contribution in [-0.4, -0.2) is 31.0 Å². The highest BCUT2D eigenvalue weighted by atomic mass is 16.6. The van der Waals surface area contributed by atoms with Gasteiger partial charge in [-0.3, -0.25) is 14.9 Å². The molecule has 0 bridgehead atoms. The van der Waals surface area contributed by atoms with Crippen LogP contribution >= 0.6 is 0 Å². The van der Waals surface area contributed by atoms with E-state index in [4.69, 9.17) is 0 Å². The quantitative estimate of drug-likeness (QED) is 0.682. The lowest BCUT2D eigenvalue weighted by Crippen LogP contribution is -2.48. The highest BCUT2D eigenvalue weighted by molar-refractivity contribution is 5.97. The number of hydrogen-bond acceptors (Lipinski definition) is 4. The first-order valence-corrected chi connectivity index (χ1v) is 7.23. The molecule has 1 heterocycles. The number of benzene rings is 1. The van der Waals surface area contributed by atoms with Gasteiger partial charge in [0.05, 0.1) is 10.3 Å². The molecule has 1 aromatic carbocycles. The lowest BCUT2D eigenvalue weighted by atomic mass is 9.75. The molecule has 0 saturated carbocycles. The highest BCUT2D eigenvalue weighted by Gasteiger charge is 2.39. The summed E-state index contributed by atoms with van der Waals surface area (Å²) >= 11 is 0. The Morgan fingerprint density at radius 2 is 1.90 bits per heavy atom. The molecule has 0 aromatic heterocycles. The third-order valence-electron chi connectivity index (χ3n) is 4.44. The molecule has 21 heavy (non-hydrogen) atoms. The third kappa shape index (κ3) is 3.05. The first-order chi connectivity index (χ1) is 10.00. The van der Waals surface area contributed by atoms with Gasteiger partial charge in [0.25, 0.3) is 5.69 Å². The van der Waals surface area contributed by atoms with Crippen LogP contribution in [0.1, 0.15) is 26.2 Å². The monoisotopic (exact) mass is 291 g/mol. The lowest BCUT2D eigenvalue weighted by molar-refractivity contribution is -0.384. The molecule has 6 nitrogen and oxygen atoms in total. The van der Waals surface area contributed by atoms with Crippen molar-refractivity contribution in [3.05, 3.63) is 34.4 Å². The van der Waals surface area contributed by atoms with Crippen LogP contribution in [0.4, 0.5) is 11.4 Å². The van der Waals surface area contributed by atoms with E-state index >= 15 is 0 Å². The predicted molar refractivity (Wildman–Crippen MR) is 81.3 cm³/mol. The maximum Gasteiger partial charge on any atom is 0.269 e. The minimum Gasteiger partial charge on any atom is -0.317 e. The summed E-state index contributed by atoms with van der Waals surface area (Å²) in [4.78, 5) is 24.7. The fourth-order valence-electron chi connectivity index (χ4n) is 2.89. The number of nitro benzene ring substituents is 1. The van der Waals surface area contributed by atoms with Gasteiger partial charge in [0, 0.05) is 24.9 Å². The van der Waals surface area contributed by atoms with E-state index in [1.165, 1.54) is 12.1 Å². The zero-order valence-electron chi connectivity index (χ0n) is 12.5. The number of anilines is 1. The van der Waals surface area contributed by atoms with Gasteiger partial charge in [-0.2, -0.15) is 0 Å². The topological polar surface area (TPSA) is 75.5 Å². The number of piperidine rings is 1. The Morgan fingerprint density at radius 3 is 2.38 bits per heavy atom. The lowest BCUT2D eigenvalue weighted by Gasteiger charge is -2.38. The molecule has 0 radical (unpaired) electrons. The van der Waals surface area contributed by atoms with Crippen molar-refractivity contribution in [2.24, 2.45) is 5.41 Å². The van der Waals surface area contributed by atoms with E-state index in [2.05, 4.69) is 5.32 Å². The van der Waals surface area contributed by atoms with Gasteiger partial charge in [-0.05, 0) is 44.5 Å². The molecule has 0 aliphatic carbocycles. The number of carbonyl (C=O) groups is 1. The van der Waals surface area contributed by atoms with E-state index in [1.807, 2.05) is 6.92 Å². The SMILES string of the molecule is CCC1(C(=O)N(C)c2ccc([N+](=O)[O-])cc2)CCNCC1. The Balaban J connectivity index is 2.19. The number of nitro groups is 1. The minimum absolute atomic E-state index is 0.0340. The van der Waals surface area contributed by atoms with Crippen LogP contribution in [0, 0.1) is 15.5 Å². The second-order valence-electron chi connectivity index (χ2n) is 5.52. The van der Waals surface area contributed by atoms with Crippen molar-refractivity contribution in [2.75, 3.05) is 25.0 Å². The maximum absolute atomic E-state index is 12.8. The second kappa shape index (κ2) is 6.22. The molecular weight excluding hydrogens is 270 g/mol. The van der Waals surface area contributed by atoms with Gasteiger partial charge in [0.2, 0.25) is 5.91 Å². The van der Waals surface area contributed by atoms with E-state index in [0.717, 1.165) is 32.4 Å². The highest BCUT2D eigenvalue weighted by Crippen LogP contribution is 2.35. The van der Waals surface area contributed by atoms with E-state index < -0.39 is 4.92 Å². The number of non-ortho nitro benzene ring substituents is 1. The summed E-state index contributed by atoms with van der Waals surface area (Å²) in [5, 5.41) is 14.0. The van der Waals surface area contributed by atoms with Gasteiger partial charge in [-0.25, -0.2) is 0 Å². The zero-order valence-corrected chi connectivity index (χ0v) is 12.5. The van der Waals surface area contributed by atoms with Gasteiger partial charge in [0.1, 0.15) is 0 Å². The number of carbonyl (C=O) groups excluding carboxylic acids is 1. The second-order valence-corrected chi connectivity index (χ2v) is 5.52. The van der Waals surface area contributed by atoms with Gasteiger partial charge in [-0.1, -0.05) is 6.92 Å².